The van der Waals surface area contributed by atoms with Gasteiger partial charge in [0.15, 0.2) is 0 Å². The molecule has 2 atom stereocenters. The average molecular weight is 281 g/mol. The number of nitrogens with one attached hydrogen (secondary N) is 1. The van der Waals surface area contributed by atoms with Crippen LogP contribution in [0.2, 0.25) is 0 Å². The predicted molar refractivity (Wildman–Crippen MR) is 73.3 cm³/mol. The van der Waals surface area contributed by atoms with Gasteiger partial charge in [0, 0.05) is 12.1 Å². The van der Waals surface area contributed by atoms with Gasteiger partial charge in [-0.2, -0.15) is 13.2 Å². The predicted octanol–water partition coefficient (Wildman–Crippen LogP) is 4.31. The van der Waals surface area contributed by atoms with E-state index in [4.69, 9.17) is 0 Å². The Labute approximate surface area is 116 Å². The Morgan fingerprint density at radius 2 is 2.00 bits per heavy atom. The second-order valence-electron chi connectivity index (χ2n) is 5.82. The van der Waals surface area contributed by atoms with Crippen LogP contribution in [0, 0.1) is 6.92 Å². The zero-order valence-electron chi connectivity index (χ0n) is 11.4. The molecule has 1 N–H and O–H groups in total. The molecule has 0 spiro atoms. The monoisotopic (exact) mass is 281 g/mol. The van der Waals surface area contributed by atoms with Gasteiger partial charge in [-0.15, -0.1) is 0 Å². The van der Waals surface area contributed by atoms with Gasteiger partial charge in [-0.25, -0.2) is 0 Å². The fourth-order valence-corrected chi connectivity index (χ4v) is 3.32. The van der Waals surface area contributed by atoms with Crippen molar-refractivity contribution in [1.82, 2.24) is 5.32 Å². The third kappa shape index (κ3) is 2.62. The minimum absolute atomic E-state index is 0.305. The summed E-state index contributed by atoms with van der Waals surface area (Å²) in [7, 11) is 0. The maximum atomic E-state index is 12.8. The van der Waals surface area contributed by atoms with E-state index in [-0.39, 0.29) is 0 Å². The molecule has 0 aliphatic carbocycles. The zero-order chi connectivity index (χ0) is 14.3. The van der Waals surface area contributed by atoms with Gasteiger partial charge in [0.1, 0.15) is 0 Å². The summed E-state index contributed by atoms with van der Waals surface area (Å²) >= 11 is 0. The van der Waals surface area contributed by atoms with E-state index in [1.165, 1.54) is 25.0 Å². The van der Waals surface area contributed by atoms with Crippen LogP contribution in [0.4, 0.5) is 13.2 Å². The molecule has 0 amide bonds. The number of rotatable bonds is 1. The van der Waals surface area contributed by atoms with Crippen LogP contribution in [0.5, 0.6) is 0 Å². The maximum absolute atomic E-state index is 12.8. The van der Waals surface area contributed by atoms with E-state index >= 15 is 0 Å². The maximum Gasteiger partial charge on any atom is 0.416 e. The Morgan fingerprint density at radius 3 is 2.65 bits per heavy atom. The van der Waals surface area contributed by atoms with Crippen molar-refractivity contribution in [3.05, 3.63) is 41.0 Å². The lowest BCUT2D eigenvalue weighted by atomic mass is 9.84. The molecule has 20 heavy (non-hydrogen) atoms. The molecule has 2 bridgehead atoms. The fraction of sp³-hybridized carbons (Fsp3) is 0.500. The topological polar surface area (TPSA) is 12.0 Å². The Morgan fingerprint density at radius 1 is 1.20 bits per heavy atom. The molecule has 108 valence electrons. The number of alkyl halides is 3. The first-order valence-corrected chi connectivity index (χ1v) is 7.08. The van der Waals surface area contributed by atoms with Crippen molar-refractivity contribution < 1.29 is 13.2 Å². The standard InChI is InChI=1S/C16H18F3N/c1-10-7-11(5-6-15(10)16(17,18)19)12-8-13-3-2-4-14(9-12)20-13/h5-8,13-14,20H,2-4,9H2,1H3. The molecule has 1 fully saturated rings. The molecule has 1 aromatic carbocycles. The SMILES string of the molecule is Cc1cc(C2=CC3CCCC(C2)N3)ccc1C(F)(F)F. The van der Waals surface area contributed by atoms with E-state index in [0.717, 1.165) is 24.8 Å². The van der Waals surface area contributed by atoms with Crippen LogP contribution in [-0.4, -0.2) is 12.1 Å². The molecule has 2 aliphatic heterocycles. The number of fused-ring (bicyclic) bond motifs is 2. The van der Waals surface area contributed by atoms with Crippen LogP contribution in [0.1, 0.15) is 42.4 Å². The highest BCUT2D eigenvalue weighted by molar-refractivity contribution is 5.68. The Bertz CT molecular complexity index is 545. The molecule has 2 unspecified atom stereocenters. The average Bonchev–Trinajstić information content (AvgIpc) is 2.36. The smallest absolute Gasteiger partial charge is 0.307 e. The first kappa shape index (κ1) is 13.7. The number of halogens is 3. The second kappa shape index (κ2) is 4.92. The van der Waals surface area contributed by atoms with Crippen molar-refractivity contribution in [2.45, 2.75) is 50.9 Å². The molecule has 2 heterocycles. The van der Waals surface area contributed by atoms with Crippen molar-refractivity contribution in [3.8, 4) is 0 Å². The lowest BCUT2D eigenvalue weighted by Gasteiger charge is -2.35. The Hall–Kier alpha value is -1.29. The molecule has 3 rings (SSSR count). The summed E-state index contributed by atoms with van der Waals surface area (Å²) in [4.78, 5) is 0. The molecule has 4 heteroatoms. The second-order valence-corrected chi connectivity index (χ2v) is 5.82. The van der Waals surface area contributed by atoms with Crippen LogP contribution < -0.4 is 5.32 Å². The summed E-state index contributed by atoms with van der Waals surface area (Å²) < 4.78 is 38.4. The van der Waals surface area contributed by atoms with E-state index in [1.54, 1.807) is 12.1 Å². The highest BCUT2D eigenvalue weighted by Crippen LogP contribution is 2.35. The molecule has 1 saturated heterocycles. The Balaban J connectivity index is 1.92. The van der Waals surface area contributed by atoms with E-state index in [9.17, 15) is 13.2 Å². The van der Waals surface area contributed by atoms with Gasteiger partial charge in [-0.3, -0.25) is 0 Å². The molecule has 0 saturated carbocycles. The molecular weight excluding hydrogens is 263 g/mol. The summed E-state index contributed by atoms with van der Waals surface area (Å²) in [5.74, 6) is 0. The summed E-state index contributed by atoms with van der Waals surface area (Å²) in [6.45, 7) is 1.54. The molecule has 0 radical (unpaired) electrons. The third-order valence-electron chi connectivity index (χ3n) is 4.29. The zero-order valence-corrected chi connectivity index (χ0v) is 11.4. The highest BCUT2D eigenvalue weighted by atomic mass is 19.4. The van der Waals surface area contributed by atoms with Crippen molar-refractivity contribution in [3.63, 3.8) is 0 Å². The fourth-order valence-electron chi connectivity index (χ4n) is 3.32. The van der Waals surface area contributed by atoms with E-state index in [2.05, 4.69) is 11.4 Å². The molecule has 1 aromatic rings. The summed E-state index contributed by atoms with van der Waals surface area (Å²) in [6, 6.07) is 5.37. The van der Waals surface area contributed by atoms with Gasteiger partial charge in [-0.1, -0.05) is 24.6 Å². The van der Waals surface area contributed by atoms with Crippen molar-refractivity contribution >= 4 is 5.57 Å². The Kier molecular flexibility index (Phi) is 3.36. The third-order valence-corrected chi connectivity index (χ3v) is 4.29. The van der Waals surface area contributed by atoms with Crippen LogP contribution >= 0.6 is 0 Å². The summed E-state index contributed by atoms with van der Waals surface area (Å²) in [6.07, 6.45) is 2.37. The summed E-state index contributed by atoms with van der Waals surface area (Å²) in [5, 5.41) is 3.55. The lowest BCUT2D eigenvalue weighted by Crippen LogP contribution is -2.44. The van der Waals surface area contributed by atoms with Gasteiger partial charge in [-0.05, 0) is 49.0 Å². The van der Waals surface area contributed by atoms with Gasteiger partial charge in [0.25, 0.3) is 0 Å². The van der Waals surface area contributed by atoms with Gasteiger partial charge < -0.3 is 5.32 Å². The largest absolute Gasteiger partial charge is 0.416 e. The van der Waals surface area contributed by atoms with E-state index < -0.39 is 11.7 Å². The van der Waals surface area contributed by atoms with Crippen molar-refractivity contribution in [2.24, 2.45) is 0 Å². The van der Waals surface area contributed by atoms with Crippen LogP contribution in [0.25, 0.3) is 5.57 Å². The van der Waals surface area contributed by atoms with E-state index in [0.29, 0.717) is 17.6 Å². The van der Waals surface area contributed by atoms with E-state index in [1.807, 2.05) is 0 Å². The number of benzene rings is 1. The molecule has 1 nitrogen and oxygen atoms in total. The van der Waals surface area contributed by atoms with Crippen LogP contribution in [0.15, 0.2) is 24.3 Å². The molecule has 2 aliphatic rings. The van der Waals surface area contributed by atoms with Crippen LogP contribution in [-0.2, 0) is 6.18 Å². The quantitative estimate of drug-likeness (QED) is 0.808. The lowest BCUT2D eigenvalue weighted by molar-refractivity contribution is -0.138. The number of aryl methyl sites for hydroxylation is 1. The first-order chi connectivity index (χ1) is 9.43. The number of piperidine rings is 1. The number of hydrogen-bond acceptors (Lipinski definition) is 1. The number of hydrogen-bond donors (Lipinski definition) is 1. The first-order valence-electron chi connectivity index (χ1n) is 7.08. The van der Waals surface area contributed by atoms with Gasteiger partial charge in [0.05, 0.1) is 5.56 Å². The highest BCUT2D eigenvalue weighted by Gasteiger charge is 2.32. The molecule has 0 aromatic heterocycles. The minimum atomic E-state index is -4.26. The summed E-state index contributed by atoms with van der Waals surface area (Å²) in [5.41, 5.74) is 1.90. The van der Waals surface area contributed by atoms with Crippen molar-refractivity contribution in [1.29, 1.82) is 0 Å². The minimum Gasteiger partial charge on any atom is -0.307 e. The van der Waals surface area contributed by atoms with Gasteiger partial charge >= 0.3 is 6.18 Å². The van der Waals surface area contributed by atoms with Crippen molar-refractivity contribution in [2.75, 3.05) is 0 Å². The normalized spacial score (nSPS) is 26.3. The van der Waals surface area contributed by atoms with Crippen LogP contribution in [0.3, 0.4) is 0 Å². The van der Waals surface area contributed by atoms with Gasteiger partial charge in [0.2, 0.25) is 0 Å². The molecular formula is C16H18F3N.